The van der Waals surface area contributed by atoms with Gasteiger partial charge in [0.2, 0.25) is 0 Å². The molecule has 0 aliphatic rings. The van der Waals surface area contributed by atoms with E-state index in [0.717, 1.165) is 0 Å². The van der Waals surface area contributed by atoms with Gasteiger partial charge in [-0.1, -0.05) is 0 Å². The van der Waals surface area contributed by atoms with Gasteiger partial charge in [0.15, 0.2) is 0 Å². The first-order valence-corrected chi connectivity index (χ1v) is 5.41. The van der Waals surface area contributed by atoms with Crippen LogP contribution in [0.25, 0.3) is 0 Å². The third-order valence-corrected chi connectivity index (χ3v) is 2.56. The van der Waals surface area contributed by atoms with Gasteiger partial charge in [0.25, 0.3) is 11.5 Å². The zero-order chi connectivity index (χ0) is 13.9. The highest BCUT2D eigenvalue weighted by atomic mass is 16.4. The summed E-state index contributed by atoms with van der Waals surface area (Å²) in [4.78, 5) is 33.9. The quantitative estimate of drug-likeness (QED) is 0.698. The molecule has 7 nitrogen and oxygen atoms in total. The second-order valence-electron chi connectivity index (χ2n) is 4.11. The van der Waals surface area contributed by atoms with Crippen molar-refractivity contribution >= 4 is 11.9 Å². The molecule has 1 rings (SSSR count). The summed E-state index contributed by atoms with van der Waals surface area (Å²) in [6.45, 7) is 4.85. The predicted molar refractivity (Wildman–Crippen MR) is 63.5 cm³/mol. The number of aromatic nitrogens is 2. The normalized spacial score (nSPS) is 11.9. The van der Waals surface area contributed by atoms with Crippen LogP contribution in [0.2, 0.25) is 0 Å². The van der Waals surface area contributed by atoms with Gasteiger partial charge in [-0.3, -0.25) is 14.4 Å². The van der Waals surface area contributed by atoms with Gasteiger partial charge in [-0.05, 0) is 26.3 Å². The van der Waals surface area contributed by atoms with E-state index in [0.29, 0.717) is 11.3 Å². The van der Waals surface area contributed by atoms with E-state index in [1.165, 1.54) is 0 Å². The smallest absolute Gasteiger partial charge is 0.305 e. The number of carbonyl (C=O) groups excluding carboxylic acids is 1. The summed E-state index contributed by atoms with van der Waals surface area (Å²) in [6.07, 6.45) is -0.202. The fourth-order valence-corrected chi connectivity index (χ4v) is 1.51. The van der Waals surface area contributed by atoms with Crippen LogP contribution in [-0.4, -0.2) is 33.2 Å². The van der Waals surface area contributed by atoms with E-state index in [1.54, 1.807) is 20.8 Å². The number of carbonyl (C=O) groups is 2. The zero-order valence-electron chi connectivity index (χ0n) is 10.4. The van der Waals surface area contributed by atoms with Gasteiger partial charge in [0.1, 0.15) is 5.56 Å². The number of nitrogens with one attached hydrogen (secondary N) is 2. The topological polar surface area (TPSA) is 112 Å². The first kappa shape index (κ1) is 13.9. The molecule has 0 spiro atoms. The Balaban J connectivity index is 2.95. The number of rotatable bonds is 4. The average Bonchev–Trinajstić information content (AvgIpc) is 2.22. The molecule has 1 heterocycles. The van der Waals surface area contributed by atoms with Gasteiger partial charge in [-0.15, -0.1) is 0 Å². The lowest BCUT2D eigenvalue weighted by atomic mass is 10.1. The molecule has 0 saturated heterocycles. The largest absolute Gasteiger partial charge is 0.481 e. The Kier molecular flexibility index (Phi) is 4.19. The highest BCUT2D eigenvalue weighted by Gasteiger charge is 2.18. The number of aryl methyl sites for hydroxylation is 1. The molecule has 7 heteroatoms. The maximum Gasteiger partial charge on any atom is 0.305 e. The van der Waals surface area contributed by atoms with Crippen LogP contribution in [0.1, 0.15) is 35.0 Å². The van der Waals surface area contributed by atoms with Crippen LogP contribution < -0.4 is 10.9 Å². The van der Waals surface area contributed by atoms with Crippen LogP contribution in [0.5, 0.6) is 0 Å². The van der Waals surface area contributed by atoms with Crippen LogP contribution in [0, 0.1) is 13.8 Å². The van der Waals surface area contributed by atoms with Crippen molar-refractivity contribution < 1.29 is 14.7 Å². The Bertz CT molecular complexity index is 536. The maximum absolute atomic E-state index is 11.9. The lowest BCUT2D eigenvalue weighted by molar-refractivity contribution is -0.137. The number of hydrogen-bond acceptors (Lipinski definition) is 4. The number of aliphatic carboxylic acids is 1. The maximum atomic E-state index is 11.9. The fourth-order valence-electron chi connectivity index (χ4n) is 1.51. The molecule has 1 aromatic rings. The molecule has 1 amide bonds. The zero-order valence-corrected chi connectivity index (χ0v) is 10.4. The molecule has 18 heavy (non-hydrogen) atoms. The van der Waals surface area contributed by atoms with Crippen LogP contribution in [0.4, 0.5) is 0 Å². The summed E-state index contributed by atoms with van der Waals surface area (Å²) < 4.78 is 0. The van der Waals surface area contributed by atoms with Gasteiger partial charge < -0.3 is 10.4 Å². The summed E-state index contributed by atoms with van der Waals surface area (Å²) in [5.74, 6) is -1.60. The molecule has 1 atom stereocenters. The molecule has 0 bridgehead atoms. The average molecular weight is 253 g/mol. The molecule has 0 fully saturated rings. The van der Waals surface area contributed by atoms with Crippen LogP contribution in [0.15, 0.2) is 4.79 Å². The van der Waals surface area contributed by atoms with E-state index in [-0.39, 0.29) is 12.0 Å². The van der Waals surface area contributed by atoms with E-state index in [2.05, 4.69) is 15.5 Å². The van der Waals surface area contributed by atoms with Gasteiger partial charge >= 0.3 is 5.97 Å². The number of nitrogens with zero attached hydrogens (tertiary/aromatic N) is 1. The first-order valence-electron chi connectivity index (χ1n) is 5.41. The molecule has 0 aliphatic heterocycles. The lowest BCUT2D eigenvalue weighted by Crippen LogP contribution is -2.38. The number of hydrogen-bond donors (Lipinski definition) is 3. The second kappa shape index (κ2) is 5.44. The van der Waals surface area contributed by atoms with E-state index in [4.69, 9.17) is 5.11 Å². The second-order valence-corrected chi connectivity index (χ2v) is 4.11. The van der Waals surface area contributed by atoms with E-state index >= 15 is 0 Å². The monoisotopic (exact) mass is 253 g/mol. The van der Waals surface area contributed by atoms with Crippen molar-refractivity contribution in [2.45, 2.75) is 33.2 Å². The standard InChI is InChI=1S/C11H15N3O4/c1-5(4-8(15)16)12-10(17)9-6(2)7(3)13-14-11(9)18/h5H,4H2,1-3H3,(H,12,17)(H,14,18)(H,15,16). The number of carboxylic acids is 1. The molecule has 0 aromatic carbocycles. The van der Waals surface area contributed by atoms with E-state index < -0.39 is 23.5 Å². The third kappa shape index (κ3) is 3.16. The molecule has 1 aromatic heterocycles. The van der Waals surface area contributed by atoms with Crippen molar-refractivity contribution in [3.63, 3.8) is 0 Å². The number of amides is 1. The van der Waals surface area contributed by atoms with Crippen molar-refractivity contribution in [3.05, 3.63) is 27.2 Å². The summed E-state index contributed by atoms with van der Waals surface area (Å²) in [7, 11) is 0. The molecular formula is C11H15N3O4. The Morgan fingerprint density at radius 1 is 1.44 bits per heavy atom. The minimum absolute atomic E-state index is 0.0280. The number of H-pyrrole nitrogens is 1. The van der Waals surface area contributed by atoms with Gasteiger partial charge in [0.05, 0.1) is 12.1 Å². The summed E-state index contributed by atoms with van der Waals surface area (Å²) >= 11 is 0. The predicted octanol–water partition coefficient (Wildman–Crippen LogP) is -0.0203. The van der Waals surface area contributed by atoms with Crippen LogP contribution in [-0.2, 0) is 4.79 Å². The highest BCUT2D eigenvalue weighted by molar-refractivity contribution is 5.95. The molecule has 0 aliphatic carbocycles. The summed E-state index contributed by atoms with van der Waals surface area (Å²) in [5.41, 5.74) is 0.419. The van der Waals surface area contributed by atoms with Crippen LogP contribution >= 0.6 is 0 Å². The molecule has 0 saturated carbocycles. The minimum atomic E-state index is -1.01. The van der Waals surface area contributed by atoms with Gasteiger partial charge in [-0.25, -0.2) is 5.10 Å². The van der Waals surface area contributed by atoms with Crippen molar-refractivity contribution in [2.75, 3.05) is 0 Å². The van der Waals surface area contributed by atoms with Crippen molar-refractivity contribution in [1.82, 2.24) is 15.5 Å². The van der Waals surface area contributed by atoms with Gasteiger partial charge in [-0.2, -0.15) is 5.10 Å². The van der Waals surface area contributed by atoms with Crippen LogP contribution in [0.3, 0.4) is 0 Å². The first-order chi connectivity index (χ1) is 8.32. The van der Waals surface area contributed by atoms with Crippen molar-refractivity contribution in [3.8, 4) is 0 Å². The molecule has 3 N–H and O–H groups in total. The summed E-state index contributed by atoms with van der Waals surface area (Å²) in [6, 6.07) is -0.553. The molecule has 0 radical (unpaired) electrons. The molecule has 98 valence electrons. The lowest BCUT2D eigenvalue weighted by Gasteiger charge is -2.12. The highest BCUT2D eigenvalue weighted by Crippen LogP contribution is 2.05. The van der Waals surface area contributed by atoms with E-state index in [9.17, 15) is 14.4 Å². The van der Waals surface area contributed by atoms with E-state index in [1.807, 2.05) is 0 Å². The summed E-state index contributed by atoms with van der Waals surface area (Å²) in [5, 5.41) is 17.0. The Hall–Kier alpha value is -2.18. The number of carboxylic acid groups (broad SMARTS) is 1. The van der Waals surface area contributed by atoms with Crippen molar-refractivity contribution in [2.24, 2.45) is 0 Å². The third-order valence-electron chi connectivity index (χ3n) is 2.56. The minimum Gasteiger partial charge on any atom is -0.481 e. The Labute approximate surface area is 103 Å². The Morgan fingerprint density at radius 2 is 2.06 bits per heavy atom. The SMILES string of the molecule is Cc1n[nH]c(=O)c(C(=O)NC(C)CC(=O)O)c1C. The molecule has 1 unspecified atom stereocenters. The Morgan fingerprint density at radius 3 is 2.61 bits per heavy atom. The number of aromatic amines is 1. The fraction of sp³-hybridized carbons (Fsp3) is 0.455. The van der Waals surface area contributed by atoms with Crippen molar-refractivity contribution in [1.29, 1.82) is 0 Å². The van der Waals surface area contributed by atoms with Gasteiger partial charge in [0, 0.05) is 6.04 Å². The molecular weight excluding hydrogens is 238 g/mol.